The van der Waals surface area contributed by atoms with Gasteiger partial charge >= 0.3 is 0 Å². The van der Waals surface area contributed by atoms with Gasteiger partial charge in [0.2, 0.25) is 0 Å². The molecule has 8 rings (SSSR count). The molecular weight excluding hydrogens is 504 g/mol. The summed E-state index contributed by atoms with van der Waals surface area (Å²) in [5.74, 6) is 0. The Balaban J connectivity index is 1.13. The minimum Gasteiger partial charge on any atom is -0.0622 e. The third-order valence-electron chi connectivity index (χ3n) is 8.48. The van der Waals surface area contributed by atoms with Crippen molar-refractivity contribution in [2.45, 2.75) is 0 Å². The van der Waals surface area contributed by atoms with Gasteiger partial charge in [-0.05, 0) is 89.0 Å². The Bertz CT molecular complexity index is 2170. The van der Waals surface area contributed by atoms with Crippen LogP contribution in [-0.2, 0) is 0 Å². The summed E-state index contributed by atoms with van der Waals surface area (Å²) in [4.78, 5) is 0. The van der Waals surface area contributed by atoms with Gasteiger partial charge in [-0.25, -0.2) is 0 Å². The van der Waals surface area contributed by atoms with Gasteiger partial charge in [0.1, 0.15) is 0 Å². The summed E-state index contributed by atoms with van der Waals surface area (Å²) in [6.07, 6.45) is 0. The van der Waals surface area contributed by atoms with E-state index >= 15 is 0 Å². The van der Waals surface area contributed by atoms with Crippen molar-refractivity contribution in [1.29, 1.82) is 0 Å². The molecular formula is C42H28. The van der Waals surface area contributed by atoms with E-state index in [9.17, 15) is 0 Å². The molecule has 196 valence electrons. The Hall–Kier alpha value is -5.46. The van der Waals surface area contributed by atoms with Crippen LogP contribution in [0.25, 0.3) is 76.8 Å². The summed E-state index contributed by atoms with van der Waals surface area (Å²) in [5, 5.41) is 7.84. The molecule has 0 nitrogen and oxygen atoms in total. The summed E-state index contributed by atoms with van der Waals surface area (Å²) in [5.41, 5.74) is 9.84. The Labute approximate surface area is 246 Å². The third-order valence-corrected chi connectivity index (χ3v) is 8.48. The maximum Gasteiger partial charge on any atom is -0.00928 e. The van der Waals surface area contributed by atoms with E-state index in [1.165, 1.54) is 76.8 Å². The zero-order valence-electron chi connectivity index (χ0n) is 23.2. The monoisotopic (exact) mass is 532 g/mol. The van der Waals surface area contributed by atoms with Crippen molar-refractivity contribution < 1.29 is 0 Å². The van der Waals surface area contributed by atoms with Crippen LogP contribution >= 0.6 is 0 Å². The van der Waals surface area contributed by atoms with Gasteiger partial charge < -0.3 is 0 Å². The highest BCUT2D eigenvalue weighted by molar-refractivity contribution is 6.25. The van der Waals surface area contributed by atoms with Crippen LogP contribution in [0.1, 0.15) is 0 Å². The second-order valence-corrected chi connectivity index (χ2v) is 11.0. The van der Waals surface area contributed by atoms with Crippen molar-refractivity contribution in [3.05, 3.63) is 170 Å². The van der Waals surface area contributed by atoms with E-state index in [0.29, 0.717) is 0 Å². The lowest BCUT2D eigenvalue weighted by Crippen LogP contribution is -1.86. The largest absolute Gasteiger partial charge is 0.0622 e. The predicted molar refractivity (Wildman–Crippen MR) is 181 cm³/mol. The lowest BCUT2D eigenvalue weighted by Gasteiger charge is -2.12. The summed E-state index contributed by atoms with van der Waals surface area (Å²) >= 11 is 0. The standard InChI is InChI=1S/C42H28/c1-2-9-29(10-3-1)30-17-19-31(20-18-30)34-11-8-12-35(27-34)32-21-23-33(24-22-32)36-25-26-41-39-15-5-4-13-37(39)38-14-6-7-16-40(38)42(41)28-36/h1-28H. The topological polar surface area (TPSA) is 0 Å². The Morgan fingerprint density at radius 1 is 0.167 bits per heavy atom. The summed E-state index contributed by atoms with van der Waals surface area (Å²) in [7, 11) is 0. The Morgan fingerprint density at radius 2 is 0.476 bits per heavy atom. The lowest BCUT2D eigenvalue weighted by molar-refractivity contribution is 1.57. The minimum atomic E-state index is 1.22. The Kier molecular flexibility index (Phi) is 5.90. The molecule has 0 saturated carbocycles. The van der Waals surface area contributed by atoms with Gasteiger partial charge in [0, 0.05) is 0 Å². The van der Waals surface area contributed by atoms with Crippen LogP contribution < -0.4 is 0 Å². The fourth-order valence-corrected chi connectivity index (χ4v) is 6.31. The first-order valence-electron chi connectivity index (χ1n) is 14.5. The first kappa shape index (κ1) is 24.3. The molecule has 0 fully saturated rings. The van der Waals surface area contributed by atoms with Gasteiger partial charge in [-0.3, -0.25) is 0 Å². The van der Waals surface area contributed by atoms with E-state index < -0.39 is 0 Å². The normalized spacial score (nSPS) is 11.3. The lowest BCUT2D eigenvalue weighted by atomic mass is 9.91. The van der Waals surface area contributed by atoms with Crippen LogP contribution in [0.4, 0.5) is 0 Å². The molecule has 0 aliphatic heterocycles. The van der Waals surface area contributed by atoms with E-state index in [2.05, 4.69) is 170 Å². The van der Waals surface area contributed by atoms with Crippen molar-refractivity contribution in [3.63, 3.8) is 0 Å². The molecule has 0 unspecified atom stereocenters. The van der Waals surface area contributed by atoms with E-state index in [1.54, 1.807) is 0 Å². The average molecular weight is 533 g/mol. The maximum atomic E-state index is 2.36. The second kappa shape index (κ2) is 10.2. The summed E-state index contributed by atoms with van der Waals surface area (Å²) in [6.45, 7) is 0. The molecule has 0 aliphatic carbocycles. The molecule has 0 radical (unpaired) electrons. The highest BCUT2D eigenvalue weighted by Crippen LogP contribution is 2.37. The predicted octanol–water partition coefficient (Wildman–Crippen LogP) is 11.8. The van der Waals surface area contributed by atoms with Crippen molar-refractivity contribution in [2.75, 3.05) is 0 Å². The van der Waals surface area contributed by atoms with Gasteiger partial charge in [0.15, 0.2) is 0 Å². The van der Waals surface area contributed by atoms with Gasteiger partial charge in [0.05, 0.1) is 0 Å². The quantitative estimate of drug-likeness (QED) is 0.198. The number of hydrogen-bond acceptors (Lipinski definition) is 0. The number of benzene rings is 8. The zero-order chi connectivity index (χ0) is 27.9. The SMILES string of the molecule is c1ccc(-c2ccc(-c3cccc(-c4ccc(-c5ccc6c7ccccc7c7ccccc7c6c5)cc4)c3)cc2)cc1. The smallest absolute Gasteiger partial charge is 0.00928 e. The summed E-state index contributed by atoms with van der Waals surface area (Å²) < 4.78 is 0. The number of hydrogen-bond donors (Lipinski definition) is 0. The van der Waals surface area contributed by atoms with Crippen molar-refractivity contribution >= 4 is 32.3 Å². The Morgan fingerprint density at radius 3 is 0.976 bits per heavy atom. The van der Waals surface area contributed by atoms with Crippen LogP contribution in [0.3, 0.4) is 0 Å². The van der Waals surface area contributed by atoms with Crippen molar-refractivity contribution in [3.8, 4) is 44.5 Å². The van der Waals surface area contributed by atoms with Crippen LogP contribution in [0, 0.1) is 0 Å². The first-order valence-corrected chi connectivity index (χ1v) is 14.5. The maximum absolute atomic E-state index is 2.36. The number of fused-ring (bicyclic) bond motifs is 6. The van der Waals surface area contributed by atoms with Gasteiger partial charge in [-0.15, -0.1) is 0 Å². The molecule has 0 saturated heterocycles. The average Bonchev–Trinajstić information content (AvgIpc) is 3.09. The van der Waals surface area contributed by atoms with Crippen molar-refractivity contribution in [1.82, 2.24) is 0 Å². The van der Waals surface area contributed by atoms with E-state index in [0.717, 1.165) is 0 Å². The van der Waals surface area contributed by atoms with E-state index in [1.807, 2.05) is 0 Å². The molecule has 0 aliphatic rings. The molecule has 0 spiro atoms. The molecule has 0 heteroatoms. The van der Waals surface area contributed by atoms with Gasteiger partial charge in [-0.2, -0.15) is 0 Å². The van der Waals surface area contributed by atoms with Crippen LogP contribution in [0.15, 0.2) is 170 Å². The highest BCUT2D eigenvalue weighted by atomic mass is 14.1. The molecule has 0 aromatic heterocycles. The second-order valence-electron chi connectivity index (χ2n) is 11.0. The van der Waals surface area contributed by atoms with Crippen LogP contribution in [0.2, 0.25) is 0 Å². The van der Waals surface area contributed by atoms with Gasteiger partial charge in [0.25, 0.3) is 0 Å². The molecule has 0 N–H and O–H groups in total. The fourth-order valence-electron chi connectivity index (χ4n) is 6.31. The van der Waals surface area contributed by atoms with Gasteiger partial charge in [-0.1, -0.05) is 158 Å². The molecule has 0 bridgehead atoms. The van der Waals surface area contributed by atoms with E-state index in [4.69, 9.17) is 0 Å². The zero-order valence-corrected chi connectivity index (χ0v) is 23.2. The molecule has 0 heterocycles. The molecule has 42 heavy (non-hydrogen) atoms. The first-order chi connectivity index (χ1) is 20.8. The molecule has 8 aromatic carbocycles. The number of rotatable bonds is 4. The van der Waals surface area contributed by atoms with Crippen molar-refractivity contribution in [2.24, 2.45) is 0 Å². The molecule has 8 aromatic rings. The van der Waals surface area contributed by atoms with Crippen LogP contribution in [-0.4, -0.2) is 0 Å². The minimum absolute atomic E-state index is 1.22. The highest BCUT2D eigenvalue weighted by Gasteiger charge is 2.10. The van der Waals surface area contributed by atoms with E-state index in [-0.39, 0.29) is 0 Å². The molecule has 0 atom stereocenters. The fraction of sp³-hybridized carbons (Fsp3) is 0. The summed E-state index contributed by atoms with van der Waals surface area (Å²) in [6, 6.07) is 61.7. The van der Waals surface area contributed by atoms with Crippen LogP contribution in [0.5, 0.6) is 0 Å². The third kappa shape index (κ3) is 4.26. The molecule has 0 amide bonds.